The Morgan fingerprint density at radius 2 is 1.82 bits per heavy atom. The minimum atomic E-state index is -0.292. The van der Waals surface area contributed by atoms with Gasteiger partial charge in [-0.2, -0.15) is 4.57 Å². The van der Waals surface area contributed by atoms with Gasteiger partial charge < -0.3 is 4.74 Å². The topological polar surface area (TPSA) is 30.2 Å². The maximum Gasteiger partial charge on any atom is 0.344 e. The molecule has 3 heteroatoms. The molecule has 1 aromatic heterocycles. The van der Waals surface area contributed by atoms with Crippen molar-refractivity contribution < 1.29 is 14.1 Å². The largest absolute Gasteiger partial charge is 0.462 e. The number of carbonyl (C=O) groups is 1. The number of nitrogens with zero attached hydrogens (tertiary/aromatic N) is 1. The van der Waals surface area contributed by atoms with E-state index < -0.39 is 0 Å². The summed E-state index contributed by atoms with van der Waals surface area (Å²) < 4.78 is 6.93. The molecule has 0 spiro atoms. The van der Waals surface area contributed by atoms with Gasteiger partial charge in [0.05, 0.1) is 6.61 Å². The second kappa shape index (κ2) is 5.25. The molecule has 0 fully saturated rings. The monoisotopic (exact) mass is 228 g/mol. The number of benzene rings is 1. The fourth-order valence-corrected chi connectivity index (χ4v) is 1.64. The molecule has 0 aliphatic heterocycles. The molecule has 0 aliphatic rings. The lowest BCUT2D eigenvalue weighted by Crippen LogP contribution is -2.31. The van der Waals surface area contributed by atoms with Crippen LogP contribution in [-0.4, -0.2) is 12.6 Å². The molecule has 0 radical (unpaired) electrons. The van der Waals surface area contributed by atoms with Gasteiger partial charge in [-0.25, -0.2) is 4.79 Å². The summed E-state index contributed by atoms with van der Waals surface area (Å²) in [6.07, 6.45) is 3.80. The normalized spacial score (nSPS) is 9.94. The number of para-hydroxylation sites is 1. The van der Waals surface area contributed by atoms with Crippen molar-refractivity contribution in [3.8, 4) is 5.69 Å². The van der Waals surface area contributed by atoms with Crippen LogP contribution in [0.3, 0.4) is 0 Å². The van der Waals surface area contributed by atoms with Gasteiger partial charge in [0.2, 0.25) is 5.69 Å². The van der Waals surface area contributed by atoms with Crippen molar-refractivity contribution in [3.05, 3.63) is 60.4 Å². The van der Waals surface area contributed by atoms with Crippen molar-refractivity contribution >= 4 is 5.97 Å². The van der Waals surface area contributed by atoms with Crippen LogP contribution in [0.15, 0.2) is 54.9 Å². The summed E-state index contributed by atoms with van der Waals surface area (Å²) in [4.78, 5) is 11.8. The Labute approximate surface area is 100 Å². The minimum Gasteiger partial charge on any atom is -0.462 e. The van der Waals surface area contributed by atoms with Gasteiger partial charge in [-0.3, -0.25) is 0 Å². The number of esters is 1. The summed E-state index contributed by atoms with van der Waals surface area (Å²) >= 11 is 0. The highest BCUT2D eigenvalue weighted by atomic mass is 16.5. The third-order valence-electron chi connectivity index (χ3n) is 2.39. The van der Waals surface area contributed by atoms with Gasteiger partial charge in [-0.1, -0.05) is 18.2 Å². The molecule has 0 N–H and O–H groups in total. The quantitative estimate of drug-likeness (QED) is 0.595. The molecule has 1 aromatic carbocycles. The molecule has 86 valence electrons. The fourth-order valence-electron chi connectivity index (χ4n) is 1.64. The van der Waals surface area contributed by atoms with Gasteiger partial charge in [-0.15, -0.1) is 0 Å². The van der Waals surface area contributed by atoms with E-state index in [-0.39, 0.29) is 5.97 Å². The Balaban J connectivity index is 2.45. The Hall–Kier alpha value is -2.16. The van der Waals surface area contributed by atoms with Crippen LogP contribution in [0.1, 0.15) is 17.3 Å². The van der Waals surface area contributed by atoms with Crippen molar-refractivity contribution in [2.75, 3.05) is 6.61 Å². The average Bonchev–Trinajstić information content (AvgIpc) is 2.40. The van der Waals surface area contributed by atoms with E-state index in [4.69, 9.17) is 4.74 Å². The molecule has 0 saturated heterocycles. The lowest BCUT2D eigenvalue weighted by molar-refractivity contribution is -0.595. The van der Waals surface area contributed by atoms with E-state index in [1.807, 2.05) is 53.4 Å². The highest BCUT2D eigenvalue weighted by Crippen LogP contribution is 2.09. The van der Waals surface area contributed by atoms with E-state index in [1.165, 1.54) is 0 Å². The van der Waals surface area contributed by atoms with E-state index >= 15 is 0 Å². The smallest absolute Gasteiger partial charge is 0.344 e. The first kappa shape index (κ1) is 11.3. The zero-order valence-corrected chi connectivity index (χ0v) is 9.67. The van der Waals surface area contributed by atoms with Crippen LogP contribution in [0, 0.1) is 0 Å². The second-order valence-electron chi connectivity index (χ2n) is 3.52. The first-order chi connectivity index (χ1) is 8.33. The number of aromatic nitrogens is 1. The van der Waals surface area contributed by atoms with E-state index in [9.17, 15) is 4.79 Å². The Kier molecular flexibility index (Phi) is 3.50. The number of hydrogen-bond acceptors (Lipinski definition) is 2. The predicted molar refractivity (Wildman–Crippen MR) is 63.9 cm³/mol. The van der Waals surface area contributed by atoms with Crippen molar-refractivity contribution in [2.24, 2.45) is 0 Å². The maximum absolute atomic E-state index is 11.8. The number of rotatable bonds is 3. The highest BCUT2D eigenvalue weighted by Gasteiger charge is 2.18. The molecule has 0 saturated carbocycles. The molecule has 3 nitrogen and oxygen atoms in total. The zero-order valence-electron chi connectivity index (χ0n) is 9.67. The predicted octanol–water partition coefficient (Wildman–Crippen LogP) is 2.14. The molecule has 17 heavy (non-hydrogen) atoms. The number of hydrogen-bond donors (Lipinski definition) is 0. The van der Waals surface area contributed by atoms with Crippen molar-refractivity contribution in [3.63, 3.8) is 0 Å². The van der Waals surface area contributed by atoms with Crippen LogP contribution < -0.4 is 4.57 Å². The number of pyridine rings is 1. The Morgan fingerprint density at radius 3 is 2.53 bits per heavy atom. The van der Waals surface area contributed by atoms with Crippen LogP contribution in [0.4, 0.5) is 0 Å². The van der Waals surface area contributed by atoms with Crippen molar-refractivity contribution in [1.82, 2.24) is 0 Å². The molecule has 0 atom stereocenters. The van der Waals surface area contributed by atoms with E-state index in [0.717, 1.165) is 5.69 Å². The third kappa shape index (κ3) is 2.50. The second-order valence-corrected chi connectivity index (χ2v) is 3.52. The molecule has 2 aromatic rings. The molecule has 1 heterocycles. The molecule has 0 amide bonds. The summed E-state index contributed by atoms with van der Waals surface area (Å²) in [6, 6.07) is 13.2. The summed E-state index contributed by atoms with van der Waals surface area (Å²) in [7, 11) is 0. The molecule has 0 bridgehead atoms. The van der Waals surface area contributed by atoms with Crippen LogP contribution in [0.5, 0.6) is 0 Å². The van der Waals surface area contributed by atoms with Gasteiger partial charge in [0.15, 0.2) is 12.4 Å². The van der Waals surface area contributed by atoms with Gasteiger partial charge >= 0.3 is 5.97 Å². The van der Waals surface area contributed by atoms with Crippen LogP contribution >= 0.6 is 0 Å². The van der Waals surface area contributed by atoms with Gasteiger partial charge in [0.25, 0.3) is 0 Å². The fraction of sp³-hybridized carbons (Fsp3) is 0.143. The van der Waals surface area contributed by atoms with E-state index in [1.54, 1.807) is 13.0 Å². The molecule has 2 rings (SSSR count). The van der Waals surface area contributed by atoms with Gasteiger partial charge in [0, 0.05) is 18.2 Å². The first-order valence-electron chi connectivity index (χ1n) is 5.55. The van der Waals surface area contributed by atoms with Gasteiger partial charge in [-0.05, 0) is 13.0 Å². The SMILES string of the molecule is CCOC(=O)c1ccccc1-[n+]1ccccc1. The van der Waals surface area contributed by atoms with E-state index in [2.05, 4.69) is 0 Å². The van der Waals surface area contributed by atoms with Crippen molar-refractivity contribution in [2.45, 2.75) is 6.92 Å². The molecular formula is C14H14NO2+. The molecular weight excluding hydrogens is 214 g/mol. The Morgan fingerprint density at radius 1 is 1.12 bits per heavy atom. The average molecular weight is 228 g/mol. The summed E-state index contributed by atoms with van der Waals surface area (Å²) in [6.45, 7) is 2.18. The summed E-state index contributed by atoms with van der Waals surface area (Å²) in [5.41, 5.74) is 1.40. The summed E-state index contributed by atoms with van der Waals surface area (Å²) in [5.74, 6) is -0.292. The van der Waals surface area contributed by atoms with E-state index in [0.29, 0.717) is 12.2 Å². The maximum atomic E-state index is 11.8. The van der Waals surface area contributed by atoms with Crippen LogP contribution in [0.25, 0.3) is 5.69 Å². The van der Waals surface area contributed by atoms with Crippen LogP contribution in [0.2, 0.25) is 0 Å². The highest BCUT2D eigenvalue weighted by molar-refractivity contribution is 5.92. The number of carbonyl (C=O) groups excluding carboxylic acids is 1. The van der Waals surface area contributed by atoms with Crippen LogP contribution in [-0.2, 0) is 4.74 Å². The Bertz CT molecular complexity index is 509. The number of ether oxygens (including phenoxy) is 1. The van der Waals surface area contributed by atoms with Crippen molar-refractivity contribution in [1.29, 1.82) is 0 Å². The standard InChI is InChI=1S/C14H14NO2/c1-2-17-14(16)12-8-4-5-9-13(12)15-10-6-3-7-11-15/h3-11H,2H2,1H3/q+1. The third-order valence-corrected chi connectivity index (χ3v) is 2.39. The lowest BCUT2D eigenvalue weighted by Gasteiger charge is -2.03. The summed E-state index contributed by atoms with van der Waals surface area (Å²) in [5, 5.41) is 0. The molecule has 0 aliphatic carbocycles. The van der Waals surface area contributed by atoms with Gasteiger partial charge in [0.1, 0.15) is 5.56 Å². The molecule has 0 unspecified atom stereocenters. The first-order valence-corrected chi connectivity index (χ1v) is 5.55. The lowest BCUT2D eigenvalue weighted by atomic mass is 10.1. The minimum absolute atomic E-state index is 0.292. The zero-order chi connectivity index (χ0) is 12.1.